The highest BCUT2D eigenvalue weighted by Gasteiger charge is 2.25. The van der Waals surface area contributed by atoms with Gasteiger partial charge in [-0.15, -0.1) is 0 Å². The van der Waals surface area contributed by atoms with Crippen LogP contribution in [0, 0.1) is 0 Å². The van der Waals surface area contributed by atoms with Gasteiger partial charge in [-0.25, -0.2) is 4.79 Å². The van der Waals surface area contributed by atoms with Crippen molar-refractivity contribution in [2.75, 3.05) is 47.5 Å². The molecule has 2 atom stereocenters. The minimum atomic E-state index is -1.52. The number of aliphatic carboxylic acids is 1. The van der Waals surface area contributed by atoms with Crippen molar-refractivity contribution in [2.45, 2.75) is 283 Å². The van der Waals surface area contributed by atoms with E-state index in [1.54, 1.807) is 0 Å². The lowest BCUT2D eigenvalue weighted by atomic mass is 10.0. The fourth-order valence-corrected chi connectivity index (χ4v) is 9.13. The van der Waals surface area contributed by atoms with Crippen LogP contribution in [0.4, 0.5) is 0 Å². The van der Waals surface area contributed by atoms with Gasteiger partial charge in [0.25, 0.3) is 6.29 Å². The van der Waals surface area contributed by atoms with Gasteiger partial charge in [0.05, 0.1) is 34.4 Å². The predicted molar refractivity (Wildman–Crippen MR) is 354 cm³/mol. The molecule has 0 amide bonds. The van der Waals surface area contributed by atoms with E-state index >= 15 is 0 Å². The SMILES string of the molecule is CC/C=C\C/C=C\C/C=C\C/C=C\C/C=C\CCCCCCCCCCCCCCCCCCCCCCCC(=O)OC(COC(=O)CCCCCCC/C=C\C/C=C\C/C=C\C/C=C\C/C=C\CC)COC(OCC[N+](C)(C)C)C(=O)O. The Labute approximate surface area is 510 Å². The molecule has 9 heteroatoms. The Hall–Kier alpha value is -4.31. The number of likely N-dealkylation sites (N-methyl/N-ethyl adjacent to an activating group) is 1. The van der Waals surface area contributed by atoms with Gasteiger partial charge in [-0.3, -0.25) is 9.59 Å². The summed E-state index contributed by atoms with van der Waals surface area (Å²) in [7, 11) is 5.97. The van der Waals surface area contributed by atoms with Gasteiger partial charge < -0.3 is 28.5 Å². The number of esters is 2. The second-order valence-electron chi connectivity index (χ2n) is 23.4. The highest BCUT2D eigenvalue weighted by Crippen LogP contribution is 2.17. The first-order chi connectivity index (χ1) is 40.6. The Morgan fingerprint density at radius 1 is 0.361 bits per heavy atom. The average Bonchev–Trinajstić information content (AvgIpc) is 3.46. The zero-order valence-electron chi connectivity index (χ0n) is 54.1. The van der Waals surface area contributed by atoms with Gasteiger partial charge >= 0.3 is 17.9 Å². The van der Waals surface area contributed by atoms with E-state index in [9.17, 15) is 19.5 Å². The molecule has 0 aliphatic carbocycles. The third-order valence-corrected chi connectivity index (χ3v) is 14.2. The number of hydrogen-bond acceptors (Lipinski definition) is 7. The van der Waals surface area contributed by atoms with Crippen molar-refractivity contribution in [2.24, 2.45) is 0 Å². The summed E-state index contributed by atoms with van der Waals surface area (Å²) in [6.45, 7) is 4.64. The first kappa shape index (κ1) is 78.7. The Balaban J connectivity index is 4.09. The maximum atomic E-state index is 12.9. The van der Waals surface area contributed by atoms with Gasteiger partial charge in [-0.1, -0.05) is 277 Å². The maximum Gasteiger partial charge on any atom is 0.361 e. The number of hydrogen-bond donors (Lipinski definition) is 1. The summed E-state index contributed by atoms with van der Waals surface area (Å²) in [6.07, 6.45) is 87.4. The van der Waals surface area contributed by atoms with Crippen LogP contribution in [0.25, 0.3) is 0 Å². The number of carboxylic acids is 1. The molecule has 0 bridgehead atoms. The largest absolute Gasteiger partial charge is 0.477 e. The molecule has 0 radical (unpaired) electrons. The Morgan fingerprint density at radius 3 is 0.964 bits per heavy atom. The van der Waals surface area contributed by atoms with Gasteiger partial charge in [-0.05, 0) is 103 Å². The second kappa shape index (κ2) is 63.7. The molecule has 9 nitrogen and oxygen atoms in total. The third kappa shape index (κ3) is 65.1. The summed E-state index contributed by atoms with van der Waals surface area (Å²) in [5.41, 5.74) is 0. The van der Waals surface area contributed by atoms with Gasteiger partial charge in [-0.2, -0.15) is 0 Å². The van der Waals surface area contributed by atoms with Crippen molar-refractivity contribution in [1.29, 1.82) is 0 Å². The minimum Gasteiger partial charge on any atom is -0.477 e. The number of allylic oxidation sites excluding steroid dienone is 20. The molecule has 0 saturated carbocycles. The molecule has 0 aliphatic rings. The molecule has 0 saturated heterocycles. The van der Waals surface area contributed by atoms with Crippen LogP contribution in [0.2, 0.25) is 0 Å². The normalized spacial score (nSPS) is 13.5. The van der Waals surface area contributed by atoms with Crippen LogP contribution < -0.4 is 0 Å². The molecule has 0 rings (SSSR count). The average molecular weight is 1160 g/mol. The fraction of sp³-hybridized carbons (Fsp3) is 0.689. The first-order valence-electron chi connectivity index (χ1n) is 33.7. The Bertz CT molecular complexity index is 1780. The van der Waals surface area contributed by atoms with Gasteiger partial charge in [0, 0.05) is 12.8 Å². The summed E-state index contributed by atoms with van der Waals surface area (Å²) in [4.78, 5) is 37.6. The van der Waals surface area contributed by atoms with E-state index in [-0.39, 0.29) is 38.6 Å². The molecule has 1 N–H and O–H groups in total. The van der Waals surface area contributed by atoms with Crippen LogP contribution in [-0.2, 0) is 33.3 Å². The van der Waals surface area contributed by atoms with Crippen LogP contribution in [-0.4, -0.2) is 87.4 Å². The third-order valence-electron chi connectivity index (χ3n) is 14.2. The molecule has 0 heterocycles. The van der Waals surface area contributed by atoms with Gasteiger partial charge in [0.2, 0.25) is 0 Å². The van der Waals surface area contributed by atoms with E-state index in [2.05, 4.69) is 135 Å². The lowest BCUT2D eigenvalue weighted by Gasteiger charge is -2.25. The molecular formula is C74H126NO8+. The van der Waals surface area contributed by atoms with Crippen LogP contribution in [0.3, 0.4) is 0 Å². The standard InChI is InChI=1S/C74H125NO8/c1-6-8-10-12-14-16-18-20-22-24-26-28-29-30-31-32-33-34-35-36-37-38-39-40-41-42-43-45-47-49-51-53-55-57-59-61-63-65-72(77)83-70(69-82-74(73(78)79)80-67-66-75(3,4)5)68-81-71(76)64-62-60-58-56-54-52-50-48-46-44-27-25-23-21-19-17-15-13-11-9-7-2/h8-11,14-17,20-23,26-28,30-31,44,48,50,70,74H,6-7,12-13,18-19,24-25,29,32-43,45-47,49,51-69H2,1-5H3/p+1/b10-8-,11-9-,16-14-,17-15-,22-20-,23-21-,28-26-,31-30-,44-27-,50-48-. The van der Waals surface area contributed by atoms with Gasteiger partial charge in [0.1, 0.15) is 13.2 Å². The van der Waals surface area contributed by atoms with E-state index in [4.69, 9.17) is 18.9 Å². The summed E-state index contributed by atoms with van der Waals surface area (Å²) in [6, 6.07) is 0. The van der Waals surface area contributed by atoms with E-state index in [0.29, 0.717) is 17.4 Å². The van der Waals surface area contributed by atoms with Crippen molar-refractivity contribution < 1.29 is 42.9 Å². The van der Waals surface area contributed by atoms with E-state index in [1.807, 2.05) is 21.1 Å². The molecule has 0 aromatic heterocycles. The number of nitrogens with zero attached hydrogens (tertiary/aromatic N) is 1. The van der Waals surface area contributed by atoms with Crippen molar-refractivity contribution >= 4 is 17.9 Å². The van der Waals surface area contributed by atoms with Crippen LogP contribution in [0.1, 0.15) is 271 Å². The summed E-state index contributed by atoms with van der Waals surface area (Å²) in [5, 5.41) is 9.73. The Morgan fingerprint density at radius 2 is 0.651 bits per heavy atom. The highest BCUT2D eigenvalue weighted by molar-refractivity contribution is 5.71. The maximum absolute atomic E-state index is 12.9. The molecule has 0 aliphatic heterocycles. The number of ether oxygens (including phenoxy) is 4. The number of unbranched alkanes of at least 4 members (excludes halogenated alkanes) is 26. The fourth-order valence-electron chi connectivity index (χ4n) is 9.13. The summed E-state index contributed by atoms with van der Waals surface area (Å²) in [5.74, 6) is -2.03. The number of carboxylic acid groups (broad SMARTS) is 1. The number of carbonyl (C=O) groups excluding carboxylic acids is 2. The van der Waals surface area contributed by atoms with Crippen LogP contribution in [0.15, 0.2) is 122 Å². The van der Waals surface area contributed by atoms with Crippen molar-refractivity contribution in [1.82, 2.24) is 0 Å². The summed E-state index contributed by atoms with van der Waals surface area (Å²) < 4.78 is 22.9. The van der Waals surface area contributed by atoms with E-state index in [0.717, 1.165) is 116 Å². The highest BCUT2D eigenvalue weighted by atomic mass is 16.7. The number of rotatable bonds is 61. The van der Waals surface area contributed by atoms with Crippen LogP contribution >= 0.6 is 0 Å². The van der Waals surface area contributed by atoms with Crippen molar-refractivity contribution in [3.8, 4) is 0 Å². The first-order valence-corrected chi connectivity index (χ1v) is 33.7. The molecule has 83 heavy (non-hydrogen) atoms. The zero-order valence-corrected chi connectivity index (χ0v) is 54.1. The quantitative estimate of drug-likeness (QED) is 0.0211. The second-order valence-corrected chi connectivity index (χ2v) is 23.4. The lowest BCUT2D eigenvalue weighted by Crippen LogP contribution is -2.40. The molecule has 0 fully saturated rings. The molecule has 0 aromatic rings. The molecule has 0 aromatic carbocycles. The monoisotopic (exact) mass is 1160 g/mol. The molecule has 0 spiro atoms. The predicted octanol–water partition coefficient (Wildman–Crippen LogP) is 20.8. The van der Waals surface area contributed by atoms with Crippen molar-refractivity contribution in [3.63, 3.8) is 0 Å². The minimum absolute atomic E-state index is 0.180. The van der Waals surface area contributed by atoms with Crippen LogP contribution in [0.5, 0.6) is 0 Å². The number of carbonyl (C=O) groups is 3. The smallest absolute Gasteiger partial charge is 0.361 e. The Kier molecular flexibility index (Phi) is 60.4. The molecule has 474 valence electrons. The van der Waals surface area contributed by atoms with Gasteiger partial charge in [0.15, 0.2) is 6.10 Å². The zero-order chi connectivity index (χ0) is 60.5. The lowest BCUT2D eigenvalue weighted by molar-refractivity contribution is -0.870. The van der Waals surface area contributed by atoms with Crippen molar-refractivity contribution in [3.05, 3.63) is 122 Å². The summed E-state index contributed by atoms with van der Waals surface area (Å²) >= 11 is 0. The number of quaternary nitrogens is 1. The molecular weight excluding hydrogens is 1030 g/mol. The van der Waals surface area contributed by atoms with E-state index in [1.165, 1.54) is 122 Å². The molecule has 2 unspecified atom stereocenters. The topological polar surface area (TPSA) is 108 Å². The van der Waals surface area contributed by atoms with E-state index < -0.39 is 24.3 Å².